The number of fused-ring (bicyclic) bond motifs is 3. The zero-order valence-electron chi connectivity index (χ0n) is 48.7. The van der Waals surface area contributed by atoms with E-state index < -0.39 is 72.1 Å². The molecule has 9 N–H and O–H groups in total. The molecular formula is C62H80N8O14. The van der Waals surface area contributed by atoms with Crippen molar-refractivity contribution in [2.75, 3.05) is 25.1 Å². The number of hydrazine groups is 1. The second kappa shape index (κ2) is 29.9. The summed E-state index contributed by atoms with van der Waals surface area (Å²) in [4.78, 5) is 102. The minimum Gasteiger partial charge on any atom is -0.459 e. The Bertz CT molecular complexity index is 2880. The van der Waals surface area contributed by atoms with Crippen molar-refractivity contribution in [2.45, 2.75) is 160 Å². The zero-order valence-corrected chi connectivity index (χ0v) is 48.7. The molecular weight excluding hydrogens is 1080 g/mol. The minimum atomic E-state index is -1.09. The van der Waals surface area contributed by atoms with Crippen molar-refractivity contribution in [3.8, 4) is 11.1 Å². The minimum absolute atomic E-state index is 0.0384. The normalized spacial score (nSPS) is 22.8. The number of hydrogen-bond donors (Lipinski definition) is 8. The molecule has 1 aliphatic carbocycles. The highest BCUT2D eigenvalue weighted by molar-refractivity contribution is 5.98. The van der Waals surface area contributed by atoms with Gasteiger partial charge in [0, 0.05) is 44.0 Å². The van der Waals surface area contributed by atoms with E-state index in [-0.39, 0.29) is 86.7 Å². The van der Waals surface area contributed by atoms with Crippen LogP contribution in [-0.4, -0.2) is 122 Å². The Morgan fingerprint density at radius 3 is 2.15 bits per heavy atom. The molecule has 3 fully saturated rings. The lowest BCUT2D eigenvalue weighted by molar-refractivity contribution is -0.143. The van der Waals surface area contributed by atoms with Crippen LogP contribution in [0.5, 0.6) is 0 Å². The largest absolute Gasteiger partial charge is 0.459 e. The first-order valence-electron chi connectivity index (χ1n) is 28.7. The number of rotatable bonds is 24. The van der Waals surface area contributed by atoms with Crippen molar-refractivity contribution in [1.29, 1.82) is 0 Å². The van der Waals surface area contributed by atoms with Crippen LogP contribution in [0, 0.1) is 11.8 Å². The number of amides is 8. The van der Waals surface area contributed by atoms with Crippen LogP contribution in [0.1, 0.15) is 116 Å². The van der Waals surface area contributed by atoms with Gasteiger partial charge in [0.1, 0.15) is 31.4 Å². The Hall–Kier alpha value is -8.08. The van der Waals surface area contributed by atoms with Gasteiger partial charge in [0.2, 0.25) is 23.6 Å². The molecule has 0 saturated carbocycles. The van der Waals surface area contributed by atoms with Crippen molar-refractivity contribution in [3.05, 3.63) is 125 Å². The monoisotopic (exact) mass is 1160 g/mol. The Labute approximate surface area is 490 Å². The summed E-state index contributed by atoms with van der Waals surface area (Å²) in [6.45, 7) is 13.1. The van der Waals surface area contributed by atoms with Crippen LogP contribution in [0.3, 0.4) is 0 Å². The van der Waals surface area contributed by atoms with Gasteiger partial charge in [-0.2, -0.15) is 0 Å². The maximum absolute atomic E-state index is 13.8. The summed E-state index contributed by atoms with van der Waals surface area (Å²) in [7, 11) is 0. The molecule has 3 saturated heterocycles. The fraction of sp³-hybridized carbons (Fsp3) is 0.484. The third-order valence-electron chi connectivity index (χ3n) is 15.2. The van der Waals surface area contributed by atoms with Crippen LogP contribution in [-0.2, 0) is 59.0 Å². The van der Waals surface area contributed by atoms with Gasteiger partial charge in [-0.3, -0.25) is 29.4 Å². The SMILES string of the molecule is CC(=O)O[C@@H](C)/C=C\C(=O)N[C@@H]1C[C@H](C)[C@H](C/C=C(C)/C=C/[C@@H]2C[C@]3(CO3)C[C@@H](CC(=O)NNC(=O)OCc3ccc(NC(=O)[C@H](CCCNC(N)=O)NC(=O)[C@@H](NC(=O)OCC4c5ccccc5-c5ccccc54)C(C)C)cc3)O2)O[C@@H]1C. The van der Waals surface area contributed by atoms with E-state index in [1.54, 1.807) is 45.0 Å². The van der Waals surface area contributed by atoms with E-state index in [4.69, 9.17) is 34.2 Å². The smallest absolute Gasteiger partial charge is 0.426 e. The van der Waals surface area contributed by atoms with Crippen LogP contribution in [0.25, 0.3) is 11.1 Å². The molecule has 22 heteroatoms. The van der Waals surface area contributed by atoms with Gasteiger partial charge in [-0.25, -0.2) is 19.8 Å². The Kier molecular flexibility index (Phi) is 22.6. The predicted octanol–water partition coefficient (Wildman–Crippen LogP) is 6.78. The second-order valence-corrected chi connectivity index (χ2v) is 22.4. The summed E-state index contributed by atoms with van der Waals surface area (Å²) in [6, 6.07) is 19.3. The quantitative estimate of drug-likeness (QED) is 0.00872. The molecule has 3 heterocycles. The molecule has 0 bridgehead atoms. The molecule has 10 atom stereocenters. The van der Waals surface area contributed by atoms with E-state index in [0.29, 0.717) is 37.1 Å². The van der Waals surface area contributed by atoms with Crippen molar-refractivity contribution in [3.63, 3.8) is 0 Å². The lowest BCUT2D eigenvalue weighted by Crippen LogP contribution is -2.54. The lowest BCUT2D eigenvalue weighted by atomic mass is 9.88. The van der Waals surface area contributed by atoms with Gasteiger partial charge in [-0.15, -0.1) is 0 Å². The zero-order chi connectivity index (χ0) is 60.5. The number of epoxide rings is 1. The third-order valence-corrected chi connectivity index (χ3v) is 15.2. The highest BCUT2D eigenvalue weighted by Gasteiger charge is 2.51. The summed E-state index contributed by atoms with van der Waals surface area (Å²) < 4.78 is 34.6. The number of allylic oxidation sites excluding steroid dienone is 2. The van der Waals surface area contributed by atoms with Crippen LogP contribution in [0.2, 0.25) is 0 Å². The van der Waals surface area contributed by atoms with Gasteiger partial charge >= 0.3 is 24.2 Å². The number of nitrogens with one attached hydrogen (secondary N) is 7. The van der Waals surface area contributed by atoms with Gasteiger partial charge in [0.15, 0.2) is 0 Å². The van der Waals surface area contributed by atoms with Crippen molar-refractivity contribution >= 4 is 53.5 Å². The number of benzene rings is 3. The molecule has 22 nitrogen and oxygen atoms in total. The van der Waals surface area contributed by atoms with Crippen LogP contribution < -0.4 is 43.2 Å². The Balaban J connectivity index is 0.823. The van der Waals surface area contributed by atoms with E-state index in [9.17, 15) is 38.4 Å². The van der Waals surface area contributed by atoms with Gasteiger partial charge < -0.3 is 60.7 Å². The number of urea groups is 1. The molecule has 1 spiro atoms. The van der Waals surface area contributed by atoms with Crippen molar-refractivity contribution < 1.29 is 66.8 Å². The summed E-state index contributed by atoms with van der Waals surface area (Å²) in [5, 5.41) is 13.7. The second-order valence-electron chi connectivity index (χ2n) is 22.4. The first-order valence-corrected chi connectivity index (χ1v) is 28.7. The van der Waals surface area contributed by atoms with Crippen molar-refractivity contribution in [2.24, 2.45) is 17.6 Å². The molecule has 0 aromatic heterocycles. The Morgan fingerprint density at radius 1 is 0.810 bits per heavy atom. The van der Waals surface area contributed by atoms with Gasteiger partial charge in [0.05, 0.1) is 49.1 Å². The summed E-state index contributed by atoms with van der Waals surface area (Å²) in [5.74, 6) is -2.76. The fourth-order valence-corrected chi connectivity index (χ4v) is 10.7. The van der Waals surface area contributed by atoms with Crippen LogP contribution in [0.15, 0.2) is 109 Å². The molecule has 3 aromatic rings. The number of esters is 1. The average Bonchev–Trinajstić information content (AvgIpc) is 4.26. The van der Waals surface area contributed by atoms with Gasteiger partial charge in [-0.1, -0.05) is 105 Å². The molecule has 4 aliphatic rings. The van der Waals surface area contributed by atoms with Crippen LogP contribution >= 0.6 is 0 Å². The molecule has 0 radical (unpaired) electrons. The number of anilines is 1. The maximum Gasteiger partial charge on any atom is 0.426 e. The predicted molar refractivity (Wildman–Crippen MR) is 311 cm³/mol. The van der Waals surface area contributed by atoms with Gasteiger partial charge in [-0.05, 0) is 104 Å². The molecule has 8 amide bonds. The molecule has 452 valence electrons. The van der Waals surface area contributed by atoms with E-state index >= 15 is 0 Å². The molecule has 84 heavy (non-hydrogen) atoms. The number of hydrogen-bond acceptors (Lipinski definition) is 14. The summed E-state index contributed by atoms with van der Waals surface area (Å²) in [6.07, 6.45) is 8.67. The number of nitrogens with two attached hydrogens (primary N) is 1. The number of alkyl carbamates (subject to hydrolysis) is 1. The molecule has 3 aromatic carbocycles. The van der Waals surface area contributed by atoms with Crippen LogP contribution in [0.4, 0.5) is 20.1 Å². The van der Waals surface area contributed by atoms with E-state index in [2.05, 4.69) is 50.4 Å². The first kappa shape index (κ1) is 63.5. The number of primary amides is 1. The number of carbonyl (C=O) groups excluding carboxylic acids is 8. The topological polar surface area (TPSA) is 305 Å². The molecule has 7 rings (SSSR count). The highest BCUT2D eigenvalue weighted by atomic mass is 16.6. The van der Waals surface area contributed by atoms with Gasteiger partial charge in [0.25, 0.3) is 0 Å². The van der Waals surface area contributed by atoms with E-state index in [1.807, 2.05) is 74.5 Å². The van der Waals surface area contributed by atoms with Crippen molar-refractivity contribution in [1.82, 2.24) is 32.1 Å². The van der Waals surface area contributed by atoms with E-state index in [0.717, 1.165) is 34.2 Å². The number of carbonyl (C=O) groups is 8. The average molecular weight is 1160 g/mol. The fourth-order valence-electron chi connectivity index (χ4n) is 10.7. The summed E-state index contributed by atoms with van der Waals surface area (Å²) in [5.41, 5.74) is 15.7. The Morgan fingerprint density at radius 2 is 1.50 bits per heavy atom. The first-order chi connectivity index (χ1) is 40.1. The molecule has 0 unspecified atom stereocenters. The number of ether oxygens (including phenoxy) is 6. The highest BCUT2D eigenvalue weighted by Crippen LogP contribution is 2.45. The third kappa shape index (κ3) is 19.0. The summed E-state index contributed by atoms with van der Waals surface area (Å²) >= 11 is 0. The standard InChI is InChI=1S/C62H80N8O14/c1-36(2)56(68-60(77)80-34-50-48-15-10-8-13-46(48)47-14-9-11-16-49(47)50)58(75)67-51(17-12-28-64-59(63)76)57(74)65-43-23-21-42(22-24-43)33-79-61(78)70-69-55(73)30-45-32-62(35-81-62)31-44(84-45)25-18-37(3)19-26-53-38(4)29-52(40(6)83-53)66-54(72)27-20-39(5)82-41(7)71/h8-11,13-16,18-25,27,36,38-40,44-45,50-53,56H,12,17,26,28-35H2,1-7H3,(H,65,74)(H,66,72)(H,67,75)(H,68,77)(H,69,73)(H,70,78)(H3,63,64,76)/b25-18+,27-20-,37-19+/t38-,39-,40+,44+,45+,51-,52+,53-,56-,62+/m0/s1. The van der Waals surface area contributed by atoms with E-state index in [1.165, 1.54) is 19.1 Å². The lowest BCUT2D eigenvalue weighted by Gasteiger charge is -2.39. The molecule has 3 aliphatic heterocycles. The maximum atomic E-state index is 13.8.